The molecule has 0 heterocycles. The first kappa shape index (κ1) is 22.3. The standard InChI is InChI=1S/C24H29N3O4/c1-16-8-9-17(2)21(14-16)31-15-22(28)26-27-24(30)19-10-12-20(13-11-19)25-23(29)18-6-4-3-5-7-18/h8-14,18H,3-7,15H2,1-2H3,(H,25,29)(H,26,28)(H,27,30). The molecule has 3 N–H and O–H groups in total. The molecule has 0 aromatic heterocycles. The SMILES string of the molecule is Cc1ccc(C)c(OCC(=O)NNC(=O)c2ccc(NC(=O)C3CCCCC3)cc2)c1. The fourth-order valence-electron chi connectivity index (χ4n) is 3.55. The zero-order chi connectivity index (χ0) is 22.2. The van der Waals surface area contributed by atoms with Gasteiger partial charge >= 0.3 is 0 Å². The lowest BCUT2D eigenvalue weighted by atomic mass is 9.88. The summed E-state index contributed by atoms with van der Waals surface area (Å²) in [5, 5.41) is 2.91. The third kappa shape index (κ3) is 6.57. The number of nitrogens with one attached hydrogen (secondary N) is 3. The number of hydrogen-bond donors (Lipinski definition) is 3. The molecule has 0 bridgehead atoms. The number of anilines is 1. The molecule has 7 nitrogen and oxygen atoms in total. The third-order valence-corrected chi connectivity index (χ3v) is 5.41. The van der Waals surface area contributed by atoms with Gasteiger partial charge in [0.2, 0.25) is 5.91 Å². The Morgan fingerprint density at radius 3 is 2.35 bits per heavy atom. The Bertz CT molecular complexity index is 934. The van der Waals surface area contributed by atoms with E-state index in [0.29, 0.717) is 17.0 Å². The van der Waals surface area contributed by atoms with Crippen molar-refractivity contribution >= 4 is 23.4 Å². The fraction of sp³-hybridized carbons (Fsp3) is 0.375. The number of rotatable bonds is 6. The predicted octanol–water partition coefficient (Wildman–Crippen LogP) is 3.66. The Morgan fingerprint density at radius 1 is 0.935 bits per heavy atom. The van der Waals surface area contributed by atoms with E-state index in [4.69, 9.17) is 4.74 Å². The van der Waals surface area contributed by atoms with Crippen LogP contribution in [0.4, 0.5) is 5.69 Å². The highest BCUT2D eigenvalue weighted by atomic mass is 16.5. The van der Waals surface area contributed by atoms with Crippen LogP contribution in [0.3, 0.4) is 0 Å². The van der Waals surface area contributed by atoms with Crippen molar-refractivity contribution in [3.63, 3.8) is 0 Å². The van der Waals surface area contributed by atoms with Gasteiger partial charge in [-0.15, -0.1) is 0 Å². The summed E-state index contributed by atoms with van der Waals surface area (Å²) in [6, 6.07) is 12.3. The summed E-state index contributed by atoms with van der Waals surface area (Å²) in [6.07, 6.45) is 5.25. The van der Waals surface area contributed by atoms with Gasteiger partial charge < -0.3 is 10.1 Å². The summed E-state index contributed by atoms with van der Waals surface area (Å²) >= 11 is 0. The number of ether oxygens (including phenoxy) is 1. The van der Waals surface area contributed by atoms with Crippen LogP contribution in [0, 0.1) is 19.8 Å². The molecule has 0 saturated heterocycles. The summed E-state index contributed by atoms with van der Waals surface area (Å²) in [4.78, 5) is 36.5. The summed E-state index contributed by atoms with van der Waals surface area (Å²) in [5.41, 5.74) is 7.69. The Morgan fingerprint density at radius 2 is 1.65 bits per heavy atom. The minimum absolute atomic E-state index is 0.0352. The highest BCUT2D eigenvalue weighted by molar-refractivity contribution is 5.97. The average molecular weight is 424 g/mol. The van der Waals surface area contributed by atoms with Gasteiger partial charge in [-0.05, 0) is 68.1 Å². The quantitative estimate of drug-likeness (QED) is 0.618. The lowest BCUT2D eigenvalue weighted by Crippen LogP contribution is -2.43. The zero-order valence-electron chi connectivity index (χ0n) is 18.0. The second kappa shape index (κ2) is 10.6. The van der Waals surface area contributed by atoms with E-state index >= 15 is 0 Å². The van der Waals surface area contributed by atoms with Crippen LogP contribution in [-0.2, 0) is 9.59 Å². The second-order valence-corrected chi connectivity index (χ2v) is 7.96. The first-order chi connectivity index (χ1) is 14.9. The number of carbonyl (C=O) groups is 3. The van der Waals surface area contributed by atoms with Crippen LogP contribution in [0.2, 0.25) is 0 Å². The van der Waals surface area contributed by atoms with Crippen LogP contribution in [-0.4, -0.2) is 24.3 Å². The molecule has 0 unspecified atom stereocenters. The molecule has 0 spiro atoms. The number of hydrazine groups is 1. The van der Waals surface area contributed by atoms with Crippen molar-refractivity contribution in [3.05, 3.63) is 59.2 Å². The van der Waals surface area contributed by atoms with Crippen molar-refractivity contribution in [1.82, 2.24) is 10.9 Å². The Hall–Kier alpha value is -3.35. The Balaban J connectivity index is 1.44. The van der Waals surface area contributed by atoms with E-state index in [2.05, 4.69) is 16.2 Å². The molecular weight excluding hydrogens is 394 g/mol. The molecular formula is C24H29N3O4. The molecule has 1 fully saturated rings. The van der Waals surface area contributed by atoms with Crippen molar-refractivity contribution in [2.75, 3.05) is 11.9 Å². The van der Waals surface area contributed by atoms with E-state index < -0.39 is 11.8 Å². The van der Waals surface area contributed by atoms with Gasteiger partial charge in [0.05, 0.1) is 0 Å². The molecule has 2 aromatic carbocycles. The van der Waals surface area contributed by atoms with Gasteiger partial charge in [0.1, 0.15) is 5.75 Å². The number of hydrogen-bond acceptors (Lipinski definition) is 4. The van der Waals surface area contributed by atoms with Crippen molar-refractivity contribution in [2.45, 2.75) is 46.0 Å². The van der Waals surface area contributed by atoms with Crippen LogP contribution >= 0.6 is 0 Å². The van der Waals surface area contributed by atoms with E-state index in [9.17, 15) is 14.4 Å². The van der Waals surface area contributed by atoms with Crippen LogP contribution in [0.5, 0.6) is 5.75 Å². The van der Waals surface area contributed by atoms with E-state index in [1.807, 2.05) is 32.0 Å². The Labute approximate surface area is 182 Å². The molecule has 3 rings (SSSR count). The summed E-state index contributed by atoms with van der Waals surface area (Å²) in [6.45, 7) is 3.63. The maximum atomic E-state index is 12.3. The maximum Gasteiger partial charge on any atom is 0.276 e. The van der Waals surface area contributed by atoms with Crippen LogP contribution in [0.1, 0.15) is 53.6 Å². The lowest BCUT2D eigenvalue weighted by molar-refractivity contribution is -0.124. The zero-order valence-corrected chi connectivity index (χ0v) is 18.0. The molecule has 31 heavy (non-hydrogen) atoms. The molecule has 3 amide bonds. The summed E-state index contributed by atoms with van der Waals surface area (Å²) < 4.78 is 5.52. The molecule has 164 valence electrons. The van der Waals surface area contributed by atoms with E-state index in [0.717, 1.165) is 36.8 Å². The molecule has 1 saturated carbocycles. The Kier molecular flexibility index (Phi) is 7.65. The van der Waals surface area contributed by atoms with Gasteiger partial charge in [0.25, 0.3) is 11.8 Å². The minimum atomic E-state index is -0.467. The summed E-state index contributed by atoms with van der Waals surface area (Å²) in [5.74, 6) is -0.186. The average Bonchev–Trinajstić information content (AvgIpc) is 2.79. The van der Waals surface area contributed by atoms with Gasteiger partial charge in [-0.1, -0.05) is 31.4 Å². The van der Waals surface area contributed by atoms with Gasteiger partial charge in [-0.25, -0.2) is 0 Å². The first-order valence-electron chi connectivity index (χ1n) is 10.6. The maximum absolute atomic E-state index is 12.3. The highest BCUT2D eigenvalue weighted by Gasteiger charge is 2.21. The molecule has 0 aliphatic heterocycles. The van der Waals surface area contributed by atoms with Gasteiger partial charge in [-0.2, -0.15) is 0 Å². The number of amides is 3. The normalized spacial score (nSPS) is 13.9. The largest absolute Gasteiger partial charge is 0.483 e. The molecule has 7 heteroatoms. The lowest BCUT2D eigenvalue weighted by Gasteiger charge is -2.20. The molecule has 1 aliphatic carbocycles. The number of benzene rings is 2. The number of carbonyl (C=O) groups excluding carboxylic acids is 3. The molecule has 0 atom stereocenters. The van der Waals surface area contributed by atoms with Gasteiger partial charge in [0, 0.05) is 17.2 Å². The second-order valence-electron chi connectivity index (χ2n) is 7.96. The highest BCUT2D eigenvalue weighted by Crippen LogP contribution is 2.25. The fourth-order valence-corrected chi connectivity index (χ4v) is 3.55. The minimum Gasteiger partial charge on any atom is -0.483 e. The van der Waals surface area contributed by atoms with Gasteiger partial charge in [0.15, 0.2) is 6.61 Å². The van der Waals surface area contributed by atoms with Crippen molar-refractivity contribution in [3.8, 4) is 5.75 Å². The smallest absolute Gasteiger partial charge is 0.276 e. The van der Waals surface area contributed by atoms with E-state index in [1.165, 1.54) is 6.42 Å². The van der Waals surface area contributed by atoms with Gasteiger partial charge in [-0.3, -0.25) is 25.2 Å². The molecule has 0 radical (unpaired) electrons. The van der Waals surface area contributed by atoms with Crippen molar-refractivity contribution in [2.24, 2.45) is 5.92 Å². The number of aryl methyl sites for hydroxylation is 2. The van der Waals surface area contributed by atoms with Crippen LogP contribution < -0.4 is 20.9 Å². The van der Waals surface area contributed by atoms with E-state index in [-0.39, 0.29) is 18.4 Å². The van der Waals surface area contributed by atoms with Crippen molar-refractivity contribution < 1.29 is 19.1 Å². The topological polar surface area (TPSA) is 96.5 Å². The monoisotopic (exact) mass is 423 g/mol. The molecule has 2 aromatic rings. The van der Waals surface area contributed by atoms with Crippen LogP contribution in [0.15, 0.2) is 42.5 Å². The summed E-state index contributed by atoms with van der Waals surface area (Å²) in [7, 11) is 0. The van der Waals surface area contributed by atoms with Crippen molar-refractivity contribution in [1.29, 1.82) is 0 Å². The predicted molar refractivity (Wildman–Crippen MR) is 119 cm³/mol. The third-order valence-electron chi connectivity index (χ3n) is 5.41. The first-order valence-corrected chi connectivity index (χ1v) is 10.6. The molecule has 1 aliphatic rings. The van der Waals surface area contributed by atoms with E-state index in [1.54, 1.807) is 24.3 Å². The van der Waals surface area contributed by atoms with Crippen LogP contribution in [0.25, 0.3) is 0 Å².